The first-order chi connectivity index (χ1) is 10.5. The van der Waals surface area contributed by atoms with Crippen LogP contribution >= 0.6 is 11.6 Å². The minimum Gasteiger partial charge on any atom is -0.492 e. The Morgan fingerprint density at radius 1 is 1.14 bits per heavy atom. The number of halogens is 1. The minimum atomic E-state index is -3.69. The molecule has 0 saturated carbocycles. The summed E-state index contributed by atoms with van der Waals surface area (Å²) in [5.74, 6) is 0.729. The maximum atomic E-state index is 13.0. The molecule has 2 aromatic carbocycles. The highest BCUT2D eigenvalue weighted by atomic mass is 35.5. The van der Waals surface area contributed by atoms with Gasteiger partial charge in [-0.05, 0) is 25.1 Å². The first-order valence-electron chi connectivity index (χ1n) is 7.00. The number of benzene rings is 2. The predicted molar refractivity (Wildman–Crippen MR) is 85.7 cm³/mol. The molecule has 1 aliphatic heterocycles. The van der Waals surface area contributed by atoms with E-state index in [0.717, 1.165) is 11.3 Å². The monoisotopic (exact) mass is 337 g/mol. The van der Waals surface area contributed by atoms with Gasteiger partial charge in [-0.15, -0.1) is 0 Å². The second kappa shape index (κ2) is 5.91. The van der Waals surface area contributed by atoms with Gasteiger partial charge in [0.25, 0.3) is 0 Å². The van der Waals surface area contributed by atoms with E-state index >= 15 is 0 Å². The summed E-state index contributed by atoms with van der Waals surface area (Å²) in [6.07, 6.45) is 0. The predicted octanol–water partition coefficient (Wildman–Crippen LogP) is 3.48. The Kier molecular flexibility index (Phi) is 4.12. The van der Waals surface area contributed by atoms with Crippen molar-refractivity contribution in [3.63, 3.8) is 0 Å². The summed E-state index contributed by atoms with van der Waals surface area (Å²) in [4.78, 5) is 0.128. The average molecular weight is 338 g/mol. The van der Waals surface area contributed by atoms with E-state index in [0.29, 0.717) is 6.61 Å². The number of fused-ring (bicyclic) bond motifs is 1. The van der Waals surface area contributed by atoms with Crippen LogP contribution in [-0.4, -0.2) is 25.9 Å². The van der Waals surface area contributed by atoms with Crippen molar-refractivity contribution in [2.75, 3.05) is 13.2 Å². The third-order valence-corrected chi connectivity index (χ3v) is 6.26. The molecule has 0 amide bonds. The molecule has 0 aromatic heterocycles. The molecule has 0 saturated heterocycles. The van der Waals surface area contributed by atoms with Gasteiger partial charge in [-0.2, -0.15) is 4.31 Å². The average Bonchev–Trinajstić information content (AvgIpc) is 2.67. The molecule has 0 bridgehead atoms. The van der Waals surface area contributed by atoms with Crippen molar-refractivity contribution in [3.05, 3.63) is 59.1 Å². The van der Waals surface area contributed by atoms with Crippen LogP contribution in [0.1, 0.15) is 18.5 Å². The number of ether oxygens (including phenoxy) is 1. The van der Waals surface area contributed by atoms with Crippen molar-refractivity contribution in [1.82, 2.24) is 4.31 Å². The van der Waals surface area contributed by atoms with Crippen molar-refractivity contribution in [3.8, 4) is 5.75 Å². The smallest absolute Gasteiger partial charge is 0.245 e. The molecule has 4 nitrogen and oxygen atoms in total. The first kappa shape index (κ1) is 15.3. The Morgan fingerprint density at radius 2 is 1.82 bits per heavy atom. The summed E-state index contributed by atoms with van der Waals surface area (Å²) in [7, 11) is -3.69. The molecule has 0 spiro atoms. The van der Waals surface area contributed by atoms with Gasteiger partial charge in [0.1, 0.15) is 17.3 Å². The maximum Gasteiger partial charge on any atom is 0.245 e. The Bertz CT molecular complexity index is 791. The number of nitrogens with zero attached hydrogens (tertiary/aromatic N) is 1. The quantitative estimate of drug-likeness (QED) is 0.842. The number of sulfonamides is 1. The van der Waals surface area contributed by atoms with Crippen LogP contribution in [0.4, 0.5) is 0 Å². The van der Waals surface area contributed by atoms with Crippen molar-refractivity contribution >= 4 is 21.6 Å². The van der Waals surface area contributed by atoms with Crippen molar-refractivity contribution < 1.29 is 13.2 Å². The van der Waals surface area contributed by atoms with Gasteiger partial charge >= 0.3 is 0 Å². The lowest BCUT2D eigenvalue weighted by Crippen LogP contribution is -2.35. The van der Waals surface area contributed by atoms with Gasteiger partial charge in [-0.25, -0.2) is 8.42 Å². The molecule has 1 atom stereocenters. The van der Waals surface area contributed by atoms with Crippen LogP contribution in [0.15, 0.2) is 53.4 Å². The van der Waals surface area contributed by atoms with Gasteiger partial charge in [0, 0.05) is 12.1 Å². The van der Waals surface area contributed by atoms with E-state index in [4.69, 9.17) is 16.3 Å². The van der Waals surface area contributed by atoms with Gasteiger partial charge in [-0.3, -0.25) is 0 Å². The number of para-hydroxylation sites is 1. The van der Waals surface area contributed by atoms with Crippen LogP contribution in [0.3, 0.4) is 0 Å². The van der Waals surface area contributed by atoms with E-state index in [1.165, 1.54) is 10.4 Å². The maximum absolute atomic E-state index is 13.0. The molecule has 1 unspecified atom stereocenters. The van der Waals surface area contributed by atoms with Crippen molar-refractivity contribution in [1.29, 1.82) is 0 Å². The standard InChI is InChI=1S/C16H16ClNO3S/c1-12-13-6-2-4-8-15(13)21-11-10-18(12)22(19,20)16-9-5-3-7-14(16)17/h2-9,12H,10-11H2,1H3. The molecule has 2 aromatic rings. The molecule has 1 heterocycles. The molecule has 0 fully saturated rings. The van der Waals surface area contributed by atoms with E-state index in [1.807, 2.05) is 31.2 Å². The van der Waals surface area contributed by atoms with E-state index in [2.05, 4.69) is 0 Å². The largest absolute Gasteiger partial charge is 0.492 e. The highest BCUT2D eigenvalue weighted by Crippen LogP contribution is 2.36. The number of hydrogen-bond donors (Lipinski definition) is 0. The lowest BCUT2D eigenvalue weighted by Gasteiger charge is -2.26. The Balaban J connectivity index is 2.07. The van der Waals surface area contributed by atoms with Crippen LogP contribution in [0.2, 0.25) is 5.02 Å². The third kappa shape index (κ3) is 2.60. The number of hydrogen-bond acceptors (Lipinski definition) is 3. The summed E-state index contributed by atoms with van der Waals surface area (Å²) in [6, 6.07) is 13.7. The van der Waals surface area contributed by atoms with Crippen LogP contribution in [0.25, 0.3) is 0 Å². The van der Waals surface area contributed by atoms with Gasteiger partial charge in [0.15, 0.2) is 0 Å². The van der Waals surface area contributed by atoms with Crippen LogP contribution in [-0.2, 0) is 10.0 Å². The molecular weight excluding hydrogens is 322 g/mol. The molecular formula is C16H16ClNO3S. The van der Waals surface area contributed by atoms with E-state index in [9.17, 15) is 8.42 Å². The SMILES string of the molecule is CC1c2ccccc2OCCN1S(=O)(=O)c1ccccc1Cl. The fourth-order valence-electron chi connectivity index (χ4n) is 2.66. The molecule has 22 heavy (non-hydrogen) atoms. The second-order valence-corrected chi connectivity index (χ2v) is 7.37. The summed E-state index contributed by atoms with van der Waals surface area (Å²) < 4.78 is 33.0. The van der Waals surface area contributed by atoms with E-state index in [1.54, 1.807) is 18.2 Å². The summed E-state index contributed by atoms with van der Waals surface area (Å²) in [6.45, 7) is 2.45. The highest BCUT2D eigenvalue weighted by molar-refractivity contribution is 7.89. The van der Waals surface area contributed by atoms with Crippen LogP contribution in [0, 0.1) is 0 Å². The molecule has 0 aliphatic carbocycles. The van der Waals surface area contributed by atoms with Crippen molar-refractivity contribution in [2.45, 2.75) is 17.9 Å². The van der Waals surface area contributed by atoms with E-state index < -0.39 is 10.0 Å². The lowest BCUT2D eigenvalue weighted by molar-refractivity contribution is 0.278. The summed E-state index contributed by atoms with van der Waals surface area (Å²) in [5, 5.41) is 0.230. The van der Waals surface area contributed by atoms with Crippen LogP contribution < -0.4 is 4.74 Å². The lowest BCUT2D eigenvalue weighted by atomic mass is 10.1. The Hall–Kier alpha value is -1.56. The van der Waals surface area contributed by atoms with Gasteiger partial charge in [0.05, 0.1) is 11.1 Å². The Morgan fingerprint density at radius 3 is 2.59 bits per heavy atom. The zero-order valence-electron chi connectivity index (χ0n) is 12.1. The normalized spacial score (nSPS) is 19.1. The van der Waals surface area contributed by atoms with E-state index in [-0.39, 0.29) is 22.5 Å². The molecule has 3 rings (SSSR count). The fourth-order valence-corrected chi connectivity index (χ4v) is 4.75. The Labute approximate surface area is 135 Å². The van der Waals surface area contributed by atoms with Crippen LogP contribution in [0.5, 0.6) is 5.75 Å². The molecule has 1 aliphatic rings. The zero-order valence-corrected chi connectivity index (χ0v) is 13.6. The second-order valence-electron chi connectivity index (χ2n) is 5.11. The van der Waals surface area contributed by atoms with Crippen molar-refractivity contribution in [2.24, 2.45) is 0 Å². The summed E-state index contributed by atoms with van der Waals surface area (Å²) >= 11 is 6.08. The molecule has 6 heteroatoms. The topological polar surface area (TPSA) is 46.6 Å². The fraction of sp³-hybridized carbons (Fsp3) is 0.250. The molecule has 0 N–H and O–H groups in total. The molecule has 116 valence electrons. The van der Waals surface area contributed by atoms with Gasteiger partial charge < -0.3 is 4.74 Å². The van der Waals surface area contributed by atoms with Gasteiger partial charge in [-0.1, -0.05) is 41.9 Å². The molecule has 0 radical (unpaired) electrons. The first-order valence-corrected chi connectivity index (χ1v) is 8.81. The zero-order chi connectivity index (χ0) is 15.7. The number of rotatable bonds is 2. The minimum absolute atomic E-state index is 0.128. The summed E-state index contributed by atoms with van der Waals surface area (Å²) in [5.41, 5.74) is 0.857. The third-order valence-electron chi connectivity index (χ3n) is 3.79. The van der Waals surface area contributed by atoms with Gasteiger partial charge in [0.2, 0.25) is 10.0 Å². The highest BCUT2D eigenvalue weighted by Gasteiger charge is 2.34.